The van der Waals surface area contributed by atoms with Gasteiger partial charge in [-0.1, -0.05) is 13.8 Å². The van der Waals surface area contributed by atoms with E-state index in [1.807, 2.05) is 19.9 Å². The molecule has 2 rings (SSSR count). The highest BCUT2D eigenvalue weighted by Crippen LogP contribution is 2.26. The number of rotatable bonds is 8. The van der Waals surface area contributed by atoms with Gasteiger partial charge in [-0.2, -0.15) is 4.31 Å². The number of nitrogens with one attached hydrogen (secondary N) is 1. The van der Waals surface area contributed by atoms with Crippen molar-refractivity contribution < 1.29 is 8.42 Å². The van der Waals surface area contributed by atoms with Gasteiger partial charge in [-0.05, 0) is 31.4 Å². The minimum atomic E-state index is -3.29. The Hall–Kier alpha value is -0.430. The molecule has 0 saturated heterocycles. The fourth-order valence-electron chi connectivity index (χ4n) is 1.95. The Morgan fingerprint density at radius 3 is 2.68 bits per heavy atom. The van der Waals surface area contributed by atoms with Crippen LogP contribution in [0.5, 0.6) is 0 Å². The van der Waals surface area contributed by atoms with E-state index in [-0.39, 0.29) is 0 Å². The average Bonchev–Trinajstić information content (AvgIpc) is 3.09. The predicted octanol–water partition coefficient (Wildman–Crippen LogP) is 2.42. The lowest BCUT2D eigenvalue weighted by atomic mass is 10.4. The summed E-state index contributed by atoms with van der Waals surface area (Å²) in [6.07, 6.45) is 3.34. The van der Waals surface area contributed by atoms with Gasteiger partial charge in [0, 0.05) is 30.6 Å². The summed E-state index contributed by atoms with van der Waals surface area (Å²) in [7, 11) is -3.29. The van der Waals surface area contributed by atoms with Gasteiger partial charge < -0.3 is 5.32 Å². The zero-order valence-electron chi connectivity index (χ0n) is 11.6. The van der Waals surface area contributed by atoms with Crippen molar-refractivity contribution in [1.82, 2.24) is 9.62 Å². The molecule has 19 heavy (non-hydrogen) atoms. The van der Waals surface area contributed by atoms with Crippen LogP contribution in [0.2, 0.25) is 0 Å². The Kier molecular flexibility index (Phi) is 5.00. The summed E-state index contributed by atoms with van der Waals surface area (Å²) < 4.78 is 26.9. The van der Waals surface area contributed by atoms with Crippen LogP contribution >= 0.6 is 11.3 Å². The highest BCUT2D eigenvalue weighted by atomic mass is 32.2. The fraction of sp³-hybridized carbons (Fsp3) is 0.692. The van der Waals surface area contributed by atoms with Crippen LogP contribution in [0.4, 0.5) is 0 Å². The molecule has 0 aromatic carbocycles. The Morgan fingerprint density at radius 2 is 2.11 bits per heavy atom. The van der Waals surface area contributed by atoms with Crippen LogP contribution in [-0.2, 0) is 16.6 Å². The number of sulfonamides is 1. The van der Waals surface area contributed by atoms with Crippen LogP contribution in [0.3, 0.4) is 0 Å². The molecule has 6 heteroatoms. The zero-order chi connectivity index (χ0) is 13.9. The largest absolute Gasteiger partial charge is 0.309 e. The van der Waals surface area contributed by atoms with E-state index in [4.69, 9.17) is 0 Å². The van der Waals surface area contributed by atoms with Crippen molar-refractivity contribution in [3.8, 4) is 0 Å². The van der Waals surface area contributed by atoms with Crippen molar-refractivity contribution in [2.24, 2.45) is 0 Å². The molecule has 0 unspecified atom stereocenters. The summed E-state index contributed by atoms with van der Waals surface area (Å²) in [4.78, 5) is 1.10. The van der Waals surface area contributed by atoms with E-state index >= 15 is 0 Å². The molecule has 1 aliphatic carbocycles. The van der Waals surface area contributed by atoms with Crippen molar-refractivity contribution >= 4 is 21.4 Å². The molecule has 1 N–H and O–H groups in total. The maximum Gasteiger partial charge on any atom is 0.252 e. The van der Waals surface area contributed by atoms with Gasteiger partial charge in [-0.25, -0.2) is 8.42 Å². The van der Waals surface area contributed by atoms with E-state index in [0.29, 0.717) is 23.3 Å². The Bertz CT molecular complexity index is 506. The van der Waals surface area contributed by atoms with E-state index in [0.717, 1.165) is 17.8 Å². The molecule has 4 nitrogen and oxygen atoms in total. The quantitative estimate of drug-likeness (QED) is 0.802. The van der Waals surface area contributed by atoms with E-state index < -0.39 is 10.0 Å². The number of thiophene rings is 1. The molecule has 0 atom stereocenters. The van der Waals surface area contributed by atoms with Gasteiger partial charge in [0.15, 0.2) is 0 Å². The normalized spacial score (nSPS) is 16.2. The lowest BCUT2D eigenvalue weighted by Crippen LogP contribution is -2.31. The first-order valence-electron chi connectivity index (χ1n) is 6.90. The maximum atomic E-state index is 12.4. The van der Waals surface area contributed by atoms with E-state index in [9.17, 15) is 8.42 Å². The van der Waals surface area contributed by atoms with Gasteiger partial charge in [0.25, 0.3) is 10.0 Å². The number of hydrogen-bond acceptors (Lipinski definition) is 4. The summed E-state index contributed by atoms with van der Waals surface area (Å²) >= 11 is 1.39. The Labute approximate surface area is 119 Å². The van der Waals surface area contributed by atoms with Crippen molar-refractivity contribution in [2.45, 2.75) is 49.9 Å². The fourth-order valence-corrected chi connectivity index (χ4v) is 4.95. The van der Waals surface area contributed by atoms with Gasteiger partial charge in [-0.15, -0.1) is 11.3 Å². The smallest absolute Gasteiger partial charge is 0.252 e. The lowest BCUT2D eigenvalue weighted by Gasteiger charge is -2.18. The van der Waals surface area contributed by atoms with Crippen LogP contribution in [0, 0.1) is 0 Å². The van der Waals surface area contributed by atoms with Gasteiger partial charge in [-0.3, -0.25) is 0 Å². The summed E-state index contributed by atoms with van der Waals surface area (Å²) in [6, 6.07) is 4.31. The van der Waals surface area contributed by atoms with Gasteiger partial charge in [0.1, 0.15) is 4.21 Å². The third-order valence-corrected chi connectivity index (χ3v) is 6.73. The molecule has 1 saturated carbocycles. The molecule has 0 radical (unpaired) electrons. The topological polar surface area (TPSA) is 49.4 Å². The van der Waals surface area contributed by atoms with Crippen molar-refractivity contribution in [3.05, 3.63) is 17.0 Å². The minimum Gasteiger partial charge on any atom is -0.309 e. The molecule has 108 valence electrons. The summed E-state index contributed by atoms with van der Waals surface area (Å²) in [5.74, 6) is 0. The summed E-state index contributed by atoms with van der Waals surface area (Å²) in [5.41, 5.74) is 0. The first kappa shape index (κ1) is 15.0. The third-order valence-electron chi connectivity index (χ3n) is 3.20. The minimum absolute atomic E-state index is 0.468. The molecule has 0 spiro atoms. The zero-order valence-corrected chi connectivity index (χ0v) is 13.2. The number of nitrogens with zero attached hydrogens (tertiary/aromatic N) is 1. The SMILES string of the molecule is CCCN(CC)S(=O)(=O)c1ccc(CNC2CC2)s1. The lowest BCUT2D eigenvalue weighted by molar-refractivity contribution is 0.428. The molecule has 1 aliphatic rings. The second-order valence-corrected chi connectivity index (χ2v) is 8.21. The molecule has 0 bridgehead atoms. The van der Waals surface area contributed by atoms with Crippen molar-refractivity contribution in [3.63, 3.8) is 0 Å². The van der Waals surface area contributed by atoms with E-state index in [1.54, 1.807) is 10.4 Å². The standard InChI is InChI=1S/C13H22N2O2S2/c1-3-9-15(4-2)19(16,17)13-8-7-12(18-13)10-14-11-5-6-11/h7-8,11,14H,3-6,9-10H2,1-2H3. The molecular formula is C13H22N2O2S2. The van der Waals surface area contributed by atoms with Gasteiger partial charge in [0.05, 0.1) is 0 Å². The Morgan fingerprint density at radius 1 is 1.37 bits per heavy atom. The molecule has 0 amide bonds. The van der Waals surface area contributed by atoms with Crippen LogP contribution in [0.25, 0.3) is 0 Å². The molecule has 1 fully saturated rings. The third kappa shape index (κ3) is 3.78. The first-order chi connectivity index (χ1) is 9.07. The van der Waals surface area contributed by atoms with E-state index in [1.165, 1.54) is 24.2 Å². The van der Waals surface area contributed by atoms with Gasteiger partial charge in [0.2, 0.25) is 0 Å². The summed E-state index contributed by atoms with van der Waals surface area (Å²) in [6.45, 7) is 5.79. The molecule has 1 aromatic rings. The second-order valence-electron chi connectivity index (χ2n) is 4.87. The van der Waals surface area contributed by atoms with Crippen LogP contribution in [0.15, 0.2) is 16.3 Å². The van der Waals surface area contributed by atoms with Gasteiger partial charge >= 0.3 is 0 Å². The Balaban J connectivity index is 2.06. The second kappa shape index (κ2) is 6.35. The van der Waals surface area contributed by atoms with Crippen LogP contribution < -0.4 is 5.32 Å². The van der Waals surface area contributed by atoms with Crippen LogP contribution in [0.1, 0.15) is 38.0 Å². The highest BCUT2D eigenvalue weighted by molar-refractivity contribution is 7.91. The number of hydrogen-bond donors (Lipinski definition) is 1. The molecule has 0 aliphatic heterocycles. The van der Waals surface area contributed by atoms with Crippen molar-refractivity contribution in [2.75, 3.05) is 13.1 Å². The molecular weight excluding hydrogens is 280 g/mol. The van der Waals surface area contributed by atoms with Crippen molar-refractivity contribution in [1.29, 1.82) is 0 Å². The molecule has 1 aromatic heterocycles. The van der Waals surface area contributed by atoms with Crippen LogP contribution in [-0.4, -0.2) is 31.9 Å². The summed E-state index contributed by atoms with van der Waals surface area (Å²) in [5, 5.41) is 3.41. The van der Waals surface area contributed by atoms with E-state index in [2.05, 4.69) is 5.32 Å². The average molecular weight is 302 g/mol. The predicted molar refractivity (Wildman–Crippen MR) is 78.9 cm³/mol. The maximum absolute atomic E-state index is 12.4. The first-order valence-corrected chi connectivity index (χ1v) is 9.15. The highest BCUT2D eigenvalue weighted by Gasteiger charge is 2.25. The monoisotopic (exact) mass is 302 g/mol. The molecule has 1 heterocycles.